The number of hydrogen-bond donors (Lipinski definition) is 2. The van der Waals surface area contributed by atoms with Gasteiger partial charge in [-0.1, -0.05) is 23.2 Å². The Morgan fingerprint density at radius 2 is 1.92 bits per heavy atom. The van der Waals surface area contributed by atoms with Gasteiger partial charge in [0.25, 0.3) is 0 Å². The highest BCUT2D eigenvalue weighted by atomic mass is 35.5. The average molecular weight is 368 g/mol. The Hall–Kier alpha value is -2.09. The number of nitrogens with zero attached hydrogens (tertiary/aromatic N) is 3. The third-order valence-electron chi connectivity index (χ3n) is 3.41. The summed E-state index contributed by atoms with van der Waals surface area (Å²) in [6.45, 7) is 2.81. The Labute approximate surface area is 148 Å². The van der Waals surface area contributed by atoms with E-state index in [1.165, 1.54) is 6.33 Å². The molecule has 0 bridgehead atoms. The van der Waals surface area contributed by atoms with Crippen LogP contribution < -0.4 is 15.5 Å². The molecule has 24 heavy (non-hydrogen) atoms. The molecule has 1 fully saturated rings. The van der Waals surface area contributed by atoms with Gasteiger partial charge in [-0.3, -0.25) is 5.32 Å². The second-order valence-electron chi connectivity index (χ2n) is 5.06. The largest absolute Gasteiger partial charge is 0.378 e. The minimum atomic E-state index is -0.467. The molecule has 1 aromatic heterocycles. The zero-order chi connectivity index (χ0) is 16.9. The molecule has 3 rings (SSSR count). The van der Waals surface area contributed by atoms with Crippen LogP contribution in [0.5, 0.6) is 0 Å². The SMILES string of the molecule is O=C(Nc1cc(N2CCOCC2)ncn1)Nc1cc(Cl)ccc1Cl. The van der Waals surface area contributed by atoms with E-state index < -0.39 is 6.03 Å². The van der Waals surface area contributed by atoms with Crippen molar-refractivity contribution in [3.63, 3.8) is 0 Å². The van der Waals surface area contributed by atoms with Gasteiger partial charge in [-0.15, -0.1) is 0 Å². The molecular weight excluding hydrogens is 353 g/mol. The normalized spacial score (nSPS) is 14.3. The lowest BCUT2D eigenvalue weighted by Crippen LogP contribution is -2.36. The predicted molar refractivity (Wildman–Crippen MR) is 94.2 cm³/mol. The highest BCUT2D eigenvalue weighted by Gasteiger charge is 2.14. The zero-order valence-corrected chi connectivity index (χ0v) is 14.1. The van der Waals surface area contributed by atoms with E-state index >= 15 is 0 Å². The van der Waals surface area contributed by atoms with E-state index in [1.54, 1.807) is 24.3 Å². The Morgan fingerprint density at radius 3 is 2.71 bits per heavy atom. The molecule has 7 nitrogen and oxygen atoms in total. The van der Waals surface area contributed by atoms with E-state index in [0.29, 0.717) is 34.8 Å². The first-order valence-electron chi connectivity index (χ1n) is 7.29. The van der Waals surface area contributed by atoms with Crippen LogP contribution in [0.3, 0.4) is 0 Å². The van der Waals surface area contributed by atoms with E-state index in [2.05, 4.69) is 25.5 Å². The van der Waals surface area contributed by atoms with Crippen molar-refractivity contribution in [1.82, 2.24) is 9.97 Å². The Morgan fingerprint density at radius 1 is 1.12 bits per heavy atom. The highest BCUT2D eigenvalue weighted by molar-refractivity contribution is 6.35. The number of morpholine rings is 1. The Balaban J connectivity index is 1.67. The standard InChI is InChI=1S/C15H15Cl2N5O2/c16-10-1-2-11(17)12(7-10)20-15(23)21-13-8-14(19-9-18-13)22-3-5-24-6-4-22/h1-2,7-9H,3-6H2,(H2,18,19,20,21,23). The number of rotatable bonds is 3. The number of aromatic nitrogens is 2. The third kappa shape index (κ3) is 4.25. The van der Waals surface area contributed by atoms with Crippen LogP contribution >= 0.6 is 23.2 Å². The van der Waals surface area contributed by atoms with Crippen LogP contribution in [-0.4, -0.2) is 42.3 Å². The molecule has 0 radical (unpaired) electrons. The molecule has 0 unspecified atom stereocenters. The fraction of sp³-hybridized carbons (Fsp3) is 0.267. The van der Waals surface area contributed by atoms with Gasteiger partial charge >= 0.3 is 6.03 Å². The summed E-state index contributed by atoms with van der Waals surface area (Å²) < 4.78 is 5.32. The number of amides is 2. The maximum Gasteiger partial charge on any atom is 0.324 e. The number of anilines is 3. The number of halogens is 2. The second kappa shape index (κ2) is 7.65. The van der Waals surface area contributed by atoms with Gasteiger partial charge in [-0.25, -0.2) is 14.8 Å². The Bertz CT molecular complexity index is 738. The molecule has 2 aromatic rings. The maximum absolute atomic E-state index is 12.1. The van der Waals surface area contributed by atoms with Crippen LogP contribution in [0.4, 0.5) is 22.1 Å². The van der Waals surface area contributed by atoms with E-state index in [9.17, 15) is 4.79 Å². The van der Waals surface area contributed by atoms with Gasteiger partial charge in [0.1, 0.15) is 18.0 Å². The van der Waals surface area contributed by atoms with Crippen molar-refractivity contribution >= 4 is 46.6 Å². The van der Waals surface area contributed by atoms with Crippen molar-refractivity contribution in [3.05, 3.63) is 40.6 Å². The zero-order valence-electron chi connectivity index (χ0n) is 12.6. The lowest BCUT2D eigenvalue weighted by atomic mass is 10.3. The van der Waals surface area contributed by atoms with E-state index in [0.717, 1.165) is 18.9 Å². The summed E-state index contributed by atoms with van der Waals surface area (Å²) in [6.07, 6.45) is 1.41. The third-order valence-corrected chi connectivity index (χ3v) is 3.97. The number of ether oxygens (including phenoxy) is 1. The summed E-state index contributed by atoms with van der Waals surface area (Å²) in [5, 5.41) is 6.17. The molecule has 1 aliphatic heterocycles. The quantitative estimate of drug-likeness (QED) is 0.870. The minimum absolute atomic E-state index is 0.391. The van der Waals surface area contributed by atoms with Gasteiger partial charge in [0.15, 0.2) is 0 Å². The molecule has 2 heterocycles. The summed E-state index contributed by atoms with van der Waals surface area (Å²) in [7, 11) is 0. The molecule has 126 valence electrons. The molecule has 2 amide bonds. The molecule has 0 aliphatic carbocycles. The van der Waals surface area contributed by atoms with Crippen LogP contribution in [-0.2, 0) is 4.74 Å². The molecule has 0 spiro atoms. The molecule has 0 atom stereocenters. The van der Waals surface area contributed by atoms with Gasteiger partial charge in [-0.2, -0.15) is 0 Å². The monoisotopic (exact) mass is 367 g/mol. The van der Waals surface area contributed by atoms with Crippen molar-refractivity contribution in [2.24, 2.45) is 0 Å². The first-order valence-corrected chi connectivity index (χ1v) is 8.05. The van der Waals surface area contributed by atoms with Crippen molar-refractivity contribution < 1.29 is 9.53 Å². The second-order valence-corrected chi connectivity index (χ2v) is 5.91. The topological polar surface area (TPSA) is 79.4 Å². The number of nitrogens with one attached hydrogen (secondary N) is 2. The first kappa shape index (κ1) is 16.8. The smallest absolute Gasteiger partial charge is 0.324 e. The van der Waals surface area contributed by atoms with Crippen molar-refractivity contribution in [2.75, 3.05) is 41.8 Å². The fourth-order valence-electron chi connectivity index (χ4n) is 2.24. The minimum Gasteiger partial charge on any atom is -0.378 e. The highest BCUT2D eigenvalue weighted by Crippen LogP contribution is 2.25. The maximum atomic E-state index is 12.1. The van der Waals surface area contributed by atoms with Crippen LogP contribution in [0.25, 0.3) is 0 Å². The lowest BCUT2D eigenvalue weighted by molar-refractivity contribution is 0.122. The van der Waals surface area contributed by atoms with Crippen LogP contribution in [0.15, 0.2) is 30.6 Å². The van der Waals surface area contributed by atoms with E-state index in [4.69, 9.17) is 27.9 Å². The number of carbonyl (C=O) groups excluding carboxylic acids is 1. The molecule has 2 N–H and O–H groups in total. The lowest BCUT2D eigenvalue weighted by Gasteiger charge is -2.27. The fourth-order valence-corrected chi connectivity index (χ4v) is 2.58. The number of benzene rings is 1. The number of urea groups is 1. The van der Waals surface area contributed by atoms with Crippen molar-refractivity contribution in [3.8, 4) is 0 Å². The molecule has 1 aliphatic rings. The van der Waals surface area contributed by atoms with Gasteiger partial charge in [-0.05, 0) is 18.2 Å². The van der Waals surface area contributed by atoms with Crippen molar-refractivity contribution in [2.45, 2.75) is 0 Å². The molecule has 1 saturated heterocycles. The van der Waals surface area contributed by atoms with Gasteiger partial charge < -0.3 is 15.0 Å². The van der Waals surface area contributed by atoms with Crippen LogP contribution in [0, 0.1) is 0 Å². The summed E-state index contributed by atoms with van der Waals surface area (Å²) in [5.41, 5.74) is 0.420. The number of hydrogen-bond acceptors (Lipinski definition) is 5. The molecule has 9 heteroatoms. The Kier molecular flexibility index (Phi) is 5.34. The van der Waals surface area contributed by atoms with E-state index in [-0.39, 0.29) is 0 Å². The van der Waals surface area contributed by atoms with Gasteiger partial charge in [0.05, 0.1) is 23.9 Å². The summed E-state index contributed by atoms with van der Waals surface area (Å²) in [6, 6.07) is 6.07. The molecule has 0 saturated carbocycles. The van der Waals surface area contributed by atoms with Crippen molar-refractivity contribution in [1.29, 1.82) is 0 Å². The molecular formula is C15H15Cl2N5O2. The first-order chi connectivity index (χ1) is 11.6. The van der Waals surface area contributed by atoms with E-state index in [1.807, 2.05) is 0 Å². The van der Waals surface area contributed by atoms with Gasteiger partial charge in [0, 0.05) is 24.2 Å². The number of carbonyl (C=O) groups is 1. The molecule has 1 aromatic carbocycles. The van der Waals surface area contributed by atoms with Crippen LogP contribution in [0.1, 0.15) is 0 Å². The van der Waals surface area contributed by atoms with Crippen LogP contribution in [0.2, 0.25) is 10.0 Å². The predicted octanol–water partition coefficient (Wildman–Crippen LogP) is 3.26. The summed E-state index contributed by atoms with van der Waals surface area (Å²) in [5.74, 6) is 1.13. The average Bonchev–Trinajstić information content (AvgIpc) is 2.59. The van der Waals surface area contributed by atoms with Gasteiger partial charge in [0.2, 0.25) is 0 Å². The summed E-state index contributed by atoms with van der Waals surface area (Å²) >= 11 is 11.9. The summed E-state index contributed by atoms with van der Waals surface area (Å²) in [4.78, 5) is 22.5.